The third-order valence-corrected chi connectivity index (χ3v) is 8.56. The fourth-order valence-corrected chi connectivity index (χ4v) is 5.99. The number of imidazole rings is 1. The highest BCUT2D eigenvalue weighted by atomic mass is 35.5. The number of pyridine rings is 1. The molecule has 1 atom stereocenters. The number of nitrogens with zero attached hydrogens (tertiary/aromatic N) is 5. The summed E-state index contributed by atoms with van der Waals surface area (Å²) < 4.78 is 3.38. The van der Waals surface area contributed by atoms with E-state index in [-0.39, 0.29) is 11.5 Å². The Morgan fingerprint density at radius 3 is 2.29 bits per heavy atom. The van der Waals surface area contributed by atoms with E-state index in [0.717, 1.165) is 35.1 Å². The topological polar surface area (TPSA) is 83.6 Å². The second-order valence-corrected chi connectivity index (χ2v) is 11.4. The molecule has 214 valence electrons. The Hall–Kier alpha value is -4.24. The van der Waals surface area contributed by atoms with E-state index in [2.05, 4.69) is 16.9 Å². The molecule has 0 spiro atoms. The molecule has 1 aliphatic rings. The smallest absolute Gasteiger partial charge is 0.253 e. The van der Waals surface area contributed by atoms with Gasteiger partial charge in [-0.05, 0) is 65.7 Å². The van der Waals surface area contributed by atoms with E-state index in [0.29, 0.717) is 40.5 Å². The minimum absolute atomic E-state index is 0.0171. The molecule has 0 saturated carbocycles. The highest BCUT2D eigenvalue weighted by Crippen LogP contribution is 2.39. The third kappa shape index (κ3) is 4.81. The van der Waals surface area contributed by atoms with Crippen molar-refractivity contribution in [3.05, 3.63) is 123 Å². The number of likely N-dealkylation sites (N-methyl/N-ethyl adjacent to an activating group) is 1. The highest BCUT2D eigenvalue weighted by molar-refractivity contribution is 6.30. The number of aryl methyl sites for hydroxylation is 2. The van der Waals surface area contributed by atoms with Crippen LogP contribution in [0, 0.1) is 0 Å². The number of hydrogen-bond acceptors (Lipinski definition) is 5. The van der Waals surface area contributed by atoms with Crippen LogP contribution in [0.15, 0.2) is 90.1 Å². The van der Waals surface area contributed by atoms with E-state index >= 15 is 0 Å². The number of aliphatic hydroxyl groups is 1. The van der Waals surface area contributed by atoms with E-state index in [4.69, 9.17) is 11.6 Å². The van der Waals surface area contributed by atoms with E-state index < -0.39 is 5.60 Å². The van der Waals surface area contributed by atoms with Gasteiger partial charge in [-0.25, -0.2) is 4.98 Å². The Balaban J connectivity index is 1.49. The summed E-state index contributed by atoms with van der Waals surface area (Å²) in [5.41, 5.74) is 2.83. The summed E-state index contributed by atoms with van der Waals surface area (Å²) in [7, 11) is 5.62. The number of amides is 1. The zero-order valence-electron chi connectivity index (χ0n) is 23.8. The Labute approximate surface area is 249 Å². The lowest BCUT2D eigenvalue weighted by Crippen LogP contribution is -2.47. The molecule has 42 heavy (non-hydrogen) atoms. The lowest BCUT2D eigenvalue weighted by molar-refractivity contribution is 0.0663. The zero-order chi connectivity index (χ0) is 29.6. The number of benzene rings is 3. The van der Waals surface area contributed by atoms with Crippen LogP contribution in [0.1, 0.15) is 27.2 Å². The van der Waals surface area contributed by atoms with Crippen LogP contribution < -0.4 is 5.56 Å². The Morgan fingerprint density at radius 1 is 0.905 bits per heavy atom. The van der Waals surface area contributed by atoms with Crippen LogP contribution in [0.2, 0.25) is 5.02 Å². The first kappa shape index (κ1) is 27.9. The number of carbonyl (C=O) groups is 1. The van der Waals surface area contributed by atoms with Crippen LogP contribution in [0.4, 0.5) is 0 Å². The second-order valence-electron chi connectivity index (χ2n) is 11.0. The number of rotatable bonds is 5. The maximum Gasteiger partial charge on any atom is 0.253 e. The standard InChI is InChI=1S/C33H32ClN5O3/c1-36-13-15-39(16-14-36)32(41)22-7-9-24(10-8-22)33(42,30-20-35-21-37(30)2)25-11-12-29-28(18-25)27(19-31(40)38(29)3)23-5-4-6-26(34)17-23/h4-12,17-21,42H,13-16H2,1-3H3. The van der Waals surface area contributed by atoms with Gasteiger partial charge in [0.1, 0.15) is 0 Å². The van der Waals surface area contributed by atoms with Crippen molar-refractivity contribution >= 4 is 28.4 Å². The number of hydrogen-bond donors (Lipinski definition) is 1. The van der Waals surface area contributed by atoms with E-state index in [9.17, 15) is 14.7 Å². The Bertz CT molecular complexity index is 1850. The number of halogens is 1. The van der Waals surface area contributed by atoms with E-state index in [1.165, 1.54) is 0 Å². The summed E-state index contributed by atoms with van der Waals surface area (Å²) in [4.78, 5) is 34.5. The Morgan fingerprint density at radius 2 is 1.62 bits per heavy atom. The van der Waals surface area contributed by atoms with Crippen molar-refractivity contribution in [3.8, 4) is 11.1 Å². The van der Waals surface area contributed by atoms with Gasteiger partial charge in [-0.2, -0.15) is 0 Å². The maximum atomic E-state index is 13.2. The van der Waals surface area contributed by atoms with Crippen molar-refractivity contribution in [3.63, 3.8) is 0 Å². The average Bonchev–Trinajstić information content (AvgIpc) is 3.44. The number of fused-ring (bicyclic) bond motifs is 1. The van der Waals surface area contributed by atoms with Gasteiger partial charge < -0.3 is 24.0 Å². The summed E-state index contributed by atoms with van der Waals surface area (Å²) in [6.45, 7) is 3.05. The van der Waals surface area contributed by atoms with Crippen LogP contribution in [0.3, 0.4) is 0 Å². The number of aromatic nitrogens is 3. The van der Waals surface area contributed by atoms with Gasteiger partial charge in [0.15, 0.2) is 5.60 Å². The summed E-state index contributed by atoms with van der Waals surface area (Å²) in [6.07, 6.45) is 3.29. The van der Waals surface area contributed by atoms with Gasteiger partial charge in [-0.3, -0.25) is 9.59 Å². The molecule has 9 heteroatoms. The molecule has 1 amide bonds. The maximum absolute atomic E-state index is 13.2. The molecule has 0 bridgehead atoms. The van der Waals surface area contributed by atoms with Crippen molar-refractivity contribution in [2.45, 2.75) is 5.60 Å². The van der Waals surface area contributed by atoms with Gasteiger partial charge in [-0.1, -0.05) is 41.9 Å². The highest BCUT2D eigenvalue weighted by Gasteiger charge is 2.37. The number of piperazine rings is 1. The van der Waals surface area contributed by atoms with Crippen molar-refractivity contribution in [1.29, 1.82) is 0 Å². The fraction of sp³-hybridized carbons (Fsp3) is 0.242. The van der Waals surface area contributed by atoms with Crippen LogP contribution >= 0.6 is 11.6 Å². The van der Waals surface area contributed by atoms with Gasteiger partial charge in [0, 0.05) is 62.3 Å². The lowest BCUT2D eigenvalue weighted by atomic mass is 9.82. The SMILES string of the molecule is CN1CCN(C(=O)c2ccc(C(O)(c3ccc4c(c3)c(-c3cccc(Cl)c3)cc(=O)n4C)c3cncn3C)cc2)CC1. The van der Waals surface area contributed by atoms with Crippen molar-refractivity contribution in [2.75, 3.05) is 33.2 Å². The summed E-state index contributed by atoms with van der Waals surface area (Å²) in [5, 5.41) is 14.0. The van der Waals surface area contributed by atoms with Gasteiger partial charge >= 0.3 is 0 Å². The average molecular weight is 582 g/mol. The molecule has 1 saturated heterocycles. The third-order valence-electron chi connectivity index (χ3n) is 8.33. The molecule has 5 aromatic rings. The normalized spacial score (nSPS) is 15.6. The van der Waals surface area contributed by atoms with E-state index in [1.54, 1.807) is 65.1 Å². The molecular weight excluding hydrogens is 550 g/mol. The molecule has 8 nitrogen and oxygen atoms in total. The van der Waals surface area contributed by atoms with Crippen molar-refractivity contribution < 1.29 is 9.90 Å². The summed E-state index contributed by atoms with van der Waals surface area (Å²) in [5.74, 6) is -0.0171. The van der Waals surface area contributed by atoms with Crippen LogP contribution in [-0.4, -0.2) is 68.2 Å². The minimum atomic E-state index is -1.60. The predicted molar refractivity (Wildman–Crippen MR) is 165 cm³/mol. The summed E-state index contributed by atoms with van der Waals surface area (Å²) >= 11 is 6.31. The molecular formula is C33H32ClN5O3. The Kier molecular flexibility index (Phi) is 7.22. The van der Waals surface area contributed by atoms with E-state index in [1.807, 2.05) is 48.3 Å². The molecule has 1 unspecified atom stereocenters. The quantitative estimate of drug-likeness (QED) is 0.335. The molecule has 1 N–H and O–H groups in total. The molecule has 0 radical (unpaired) electrons. The molecule has 3 aromatic carbocycles. The van der Waals surface area contributed by atoms with Gasteiger partial charge in [0.2, 0.25) is 0 Å². The minimum Gasteiger partial charge on any atom is -0.374 e. The zero-order valence-corrected chi connectivity index (χ0v) is 24.5. The molecule has 0 aliphatic carbocycles. The fourth-order valence-electron chi connectivity index (χ4n) is 5.80. The van der Waals surface area contributed by atoms with Gasteiger partial charge in [0.25, 0.3) is 11.5 Å². The first-order chi connectivity index (χ1) is 20.2. The second kappa shape index (κ2) is 10.9. The first-order valence-electron chi connectivity index (χ1n) is 13.8. The molecule has 1 fully saturated rings. The monoisotopic (exact) mass is 581 g/mol. The molecule has 1 aliphatic heterocycles. The lowest BCUT2D eigenvalue weighted by Gasteiger charge is -2.33. The molecule has 3 heterocycles. The largest absolute Gasteiger partial charge is 0.374 e. The predicted octanol–water partition coefficient (Wildman–Crippen LogP) is 4.26. The van der Waals surface area contributed by atoms with Crippen molar-refractivity contribution in [1.82, 2.24) is 23.9 Å². The van der Waals surface area contributed by atoms with Crippen LogP contribution in [0.5, 0.6) is 0 Å². The molecule has 6 rings (SSSR count). The van der Waals surface area contributed by atoms with Crippen LogP contribution in [-0.2, 0) is 19.7 Å². The van der Waals surface area contributed by atoms with Gasteiger partial charge in [-0.15, -0.1) is 0 Å². The summed E-state index contributed by atoms with van der Waals surface area (Å²) in [6, 6.07) is 21.7. The number of carbonyl (C=O) groups excluding carboxylic acids is 1. The van der Waals surface area contributed by atoms with Crippen LogP contribution in [0.25, 0.3) is 22.0 Å². The van der Waals surface area contributed by atoms with Gasteiger partial charge in [0.05, 0.1) is 23.7 Å². The molecule has 2 aromatic heterocycles. The van der Waals surface area contributed by atoms with Crippen molar-refractivity contribution in [2.24, 2.45) is 14.1 Å². The first-order valence-corrected chi connectivity index (χ1v) is 14.2.